The van der Waals surface area contributed by atoms with Gasteiger partial charge in [0.25, 0.3) is 5.91 Å². The molecule has 0 saturated carbocycles. The summed E-state index contributed by atoms with van der Waals surface area (Å²) >= 11 is 0. The predicted molar refractivity (Wildman–Crippen MR) is 98.5 cm³/mol. The zero-order chi connectivity index (χ0) is 18.3. The van der Waals surface area contributed by atoms with Gasteiger partial charge in [0.1, 0.15) is 11.9 Å². The number of carbonyl (C=O) groups is 1. The maximum atomic E-state index is 12.2. The van der Waals surface area contributed by atoms with E-state index in [-0.39, 0.29) is 12.0 Å². The van der Waals surface area contributed by atoms with Gasteiger partial charge in [-0.2, -0.15) is 5.10 Å². The third kappa shape index (κ3) is 3.02. The van der Waals surface area contributed by atoms with Gasteiger partial charge >= 0.3 is 0 Å². The van der Waals surface area contributed by atoms with Gasteiger partial charge in [0.2, 0.25) is 0 Å². The Labute approximate surface area is 153 Å². The zero-order valence-corrected chi connectivity index (χ0v) is 15.6. The first-order valence-corrected chi connectivity index (χ1v) is 9.23. The van der Waals surface area contributed by atoms with Crippen molar-refractivity contribution < 1.29 is 9.53 Å². The van der Waals surface area contributed by atoms with Crippen LogP contribution in [-0.2, 0) is 20.0 Å². The normalized spacial score (nSPS) is 17.7. The lowest BCUT2D eigenvalue weighted by atomic mass is 10.0. The molecule has 0 aliphatic carbocycles. The molecule has 1 fully saturated rings. The summed E-state index contributed by atoms with van der Waals surface area (Å²) in [6, 6.07) is 2.04. The second-order valence-corrected chi connectivity index (χ2v) is 7.13. The Morgan fingerprint density at radius 2 is 2.04 bits per heavy atom. The molecule has 0 spiro atoms. The van der Waals surface area contributed by atoms with Gasteiger partial charge in [-0.05, 0) is 18.1 Å². The van der Waals surface area contributed by atoms with Crippen molar-refractivity contribution in [3.8, 4) is 5.75 Å². The molecule has 0 atom stereocenters. The second kappa shape index (κ2) is 6.63. The van der Waals surface area contributed by atoms with Gasteiger partial charge < -0.3 is 14.5 Å². The Balaban J connectivity index is 1.47. The minimum atomic E-state index is 0.0809. The summed E-state index contributed by atoms with van der Waals surface area (Å²) in [5.41, 5.74) is 2.82. The highest BCUT2D eigenvalue weighted by molar-refractivity contribution is 5.98. The van der Waals surface area contributed by atoms with Crippen molar-refractivity contribution in [1.82, 2.24) is 19.7 Å². The van der Waals surface area contributed by atoms with E-state index in [0.717, 1.165) is 60.7 Å². The van der Waals surface area contributed by atoms with Crippen LogP contribution in [0.3, 0.4) is 0 Å². The number of hydrogen-bond acceptors (Lipinski definition) is 5. The molecule has 2 aromatic rings. The molecule has 0 radical (unpaired) electrons. The highest BCUT2D eigenvalue weighted by Gasteiger charge is 2.29. The van der Waals surface area contributed by atoms with E-state index in [9.17, 15) is 4.79 Å². The topological polar surface area (TPSA) is 63.5 Å². The van der Waals surface area contributed by atoms with E-state index in [1.54, 1.807) is 15.8 Å². The number of hydrogen-bond donors (Lipinski definition) is 0. The molecule has 0 bridgehead atoms. The number of anilines is 1. The summed E-state index contributed by atoms with van der Waals surface area (Å²) in [7, 11) is 3.72. The molecule has 138 valence electrons. The number of piperidine rings is 1. The Morgan fingerprint density at radius 3 is 2.69 bits per heavy atom. The van der Waals surface area contributed by atoms with Crippen LogP contribution in [0.2, 0.25) is 0 Å². The van der Waals surface area contributed by atoms with Crippen molar-refractivity contribution >= 4 is 11.7 Å². The van der Waals surface area contributed by atoms with Crippen LogP contribution in [0.4, 0.5) is 5.82 Å². The van der Waals surface area contributed by atoms with Crippen LogP contribution in [0.5, 0.6) is 5.75 Å². The summed E-state index contributed by atoms with van der Waals surface area (Å²) in [5.74, 6) is 1.95. The monoisotopic (exact) mass is 355 g/mol. The molecule has 4 heterocycles. The van der Waals surface area contributed by atoms with Gasteiger partial charge in [-0.1, -0.05) is 6.92 Å². The van der Waals surface area contributed by atoms with E-state index < -0.39 is 0 Å². The van der Waals surface area contributed by atoms with E-state index in [4.69, 9.17) is 9.72 Å². The number of rotatable bonds is 4. The van der Waals surface area contributed by atoms with Crippen molar-refractivity contribution in [2.45, 2.75) is 38.8 Å². The summed E-state index contributed by atoms with van der Waals surface area (Å²) in [4.78, 5) is 21.2. The fourth-order valence-electron chi connectivity index (χ4n) is 3.76. The van der Waals surface area contributed by atoms with Gasteiger partial charge in [-0.25, -0.2) is 4.98 Å². The molecule has 0 N–H and O–H groups in total. The summed E-state index contributed by atoms with van der Waals surface area (Å²) < 4.78 is 7.79. The molecule has 0 aromatic carbocycles. The number of fused-ring (bicyclic) bond motifs is 1. The maximum Gasteiger partial charge on any atom is 0.255 e. The number of aryl methyl sites for hydroxylation is 2. The van der Waals surface area contributed by atoms with Crippen LogP contribution in [-0.4, -0.2) is 51.8 Å². The molecule has 4 rings (SSSR count). The van der Waals surface area contributed by atoms with Crippen molar-refractivity contribution in [3.63, 3.8) is 0 Å². The summed E-state index contributed by atoms with van der Waals surface area (Å²) in [6.07, 6.45) is 6.65. The Hall–Kier alpha value is -2.57. The van der Waals surface area contributed by atoms with Gasteiger partial charge in [0.05, 0.1) is 30.2 Å². The van der Waals surface area contributed by atoms with E-state index in [2.05, 4.69) is 16.9 Å². The number of pyridine rings is 1. The lowest BCUT2D eigenvalue weighted by Crippen LogP contribution is -2.39. The van der Waals surface area contributed by atoms with Crippen LogP contribution < -0.4 is 9.64 Å². The zero-order valence-electron chi connectivity index (χ0n) is 15.6. The first-order valence-electron chi connectivity index (χ1n) is 9.23. The van der Waals surface area contributed by atoms with E-state index in [1.165, 1.54) is 0 Å². The molecule has 2 aromatic heterocycles. The van der Waals surface area contributed by atoms with E-state index >= 15 is 0 Å². The third-order valence-corrected chi connectivity index (χ3v) is 5.23. The van der Waals surface area contributed by atoms with Gasteiger partial charge in [0.15, 0.2) is 5.75 Å². The van der Waals surface area contributed by atoms with Gasteiger partial charge in [-0.3, -0.25) is 9.48 Å². The van der Waals surface area contributed by atoms with Gasteiger partial charge in [-0.15, -0.1) is 0 Å². The minimum Gasteiger partial charge on any atom is -0.487 e. The number of amides is 1. The SMILES string of the molecule is CCc1cc2c(nc1N1CCC(Oc3cnn(C)c3)CC1)CN(C)C2=O. The van der Waals surface area contributed by atoms with Crippen molar-refractivity contribution in [1.29, 1.82) is 0 Å². The average Bonchev–Trinajstić information content (AvgIpc) is 3.17. The van der Waals surface area contributed by atoms with Crippen LogP contribution in [0.15, 0.2) is 18.5 Å². The summed E-state index contributed by atoms with van der Waals surface area (Å²) in [6.45, 7) is 4.54. The average molecular weight is 355 g/mol. The lowest BCUT2D eigenvalue weighted by Gasteiger charge is -2.34. The van der Waals surface area contributed by atoms with Crippen LogP contribution in [0.1, 0.15) is 41.4 Å². The standard InChI is InChI=1S/C19H25N5O2/c1-4-13-9-16-17(12-22(2)19(16)25)21-18(13)24-7-5-14(6-8-24)26-15-10-20-23(3)11-15/h9-11,14H,4-8,12H2,1-3H3. The molecular weight excluding hydrogens is 330 g/mol. The van der Waals surface area contributed by atoms with Crippen LogP contribution in [0.25, 0.3) is 0 Å². The molecule has 1 amide bonds. The van der Waals surface area contributed by atoms with Gasteiger partial charge in [0, 0.05) is 40.0 Å². The highest BCUT2D eigenvalue weighted by atomic mass is 16.5. The van der Waals surface area contributed by atoms with E-state index in [1.807, 2.05) is 26.4 Å². The van der Waals surface area contributed by atoms with Crippen LogP contribution >= 0.6 is 0 Å². The molecule has 1 saturated heterocycles. The minimum absolute atomic E-state index is 0.0809. The molecule has 7 heteroatoms. The molecule has 0 unspecified atom stereocenters. The largest absolute Gasteiger partial charge is 0.487 e. The number of carbonyl (C=O) groups excluding carboxylic acids is 1. The molecular formula is C19H25N5O2. The Bertz CT molecular complexity index is 823. The third-order valence-electron chi connectivity index (χ3n) is 5.23. The first-order chi connectivity index (χ1) is 12.5. The fraction of sp³-hybridized carbons (Fsp3) is 0.526. The van der Waals surface area contributed by atoms with Crippen LogP contribution in [0, 0.1) is 0 Å². The second-order valence-electron chi connectivity index (χ2n) is 7.13. The lowest BCUT2D eigenvalue weighted by molar-refractivity contribution is 0.0816. The Morgan fingerprint density at radius 1 is 1.27 bits per heavy atom. The fourth-order valence-corrected chi connectivity index (χ4v) is 3.76. The molecule has 2 aliphatic heterocycles. The van der Waals surface area contributed by atoms with Crippen molar-refractivity contribution in [2.24, 2.45) is 7.05 Å². The highest BCUT2D eigenvalue weighted by Crippen LogP contribution is 2.30. The first kappa shape index (κ1) is 16.9. The van der Waals surface area contributed by atoms with E-state index in [0.29, 0.717) is 6.54 Å². The maximum absolute atomic E-state index is 12.2. The van der Waals surface area contributed by atoms with Crippen molar-refractivity contribution in [2.75, 3.05) is 25.0 Å². The summed E-state index contributed by atoms with van der Waals surface area (Å²) in [5, 5.41) is 4.15. The quantitative estimate of drug-likeness (QED) is 0.839. The smallest absolute Gasteiger partial charge is 0.255 e. The number of nitrogens with zero attached hydrogens (tertiary/aromatic N) is 5. The number of ether oxygens (including phenoxy) is 1. The molecule has 7 nitrogen and oxygen atoms in total. The molecule has 2 aliphatic rings. The number of aromatic nitrogens is 3. The van der Waals surface area contributed by atoms with Crippen molar-refractivity contribution in [3.05, 3.63) is 35.3 Å². The Kier molecular flexibility index (Phi) is 4.30. The predicted octanol–water partition coefficient (Wildman–Crippen LogP) is 2.01. The molecule has 26 heavy (non-hydrogen) atoms.